The molecule has 4 nitrogen and oxygen atoms in total. The Kier molecular flexibility index (Phi) is 5.36. The van der Waals surface area contributed by atoms with Crippen LogP contribution in [0, 0.1) is 0 Å². The van der Waals surface area contributed by atoms with Crippen LogP contribution in [0.4, 0.5) is 0 Å². The number of likely N-dealkylation sites (N-methyl/N-ethyl adjacent to an activating group) is 1. The highest BCUT2D eigenvalue weighted by Crippen LogP contribution is 2.23. The van der Waals surface area contributed by atoms with E-state index in [-0.39, 0.29) is 24.7 Å². The molecule has 19 heavy (non-hydrogen) atoms. The Hall–Kier alpha value is -0.910. The van der Waals surface area contributed by atoms with Gasteiger partial charge in [0.2, 0.25) is 5.91 Å². The summed E-state index contributed by atoms with van der Waals surface area (Å²) in [7, 11) is 1.85. The molecule has 0 spiro atoms. The zero-order valence-electron chi connectivity index (χ0n) is 11.6. The molecule has 1 aromatic heterocycles. The maximum atomic E-state index is 12.1. The molecule has 1 unspecified atom stereocenters. The standard InChI is InChI=1S/C14H22N2O2S/c1-11(13-4-3-9-19-13)16(2)14(17)10-18-12-5-7-15-8-6-12/h3-4,9,11-12,15H,5-8,10H2,1-2H3. The lowest BCUT2D eigenvalue weighted by atomic mass is 10.1. The van der Waals surface area contributed by atoms with Crippen LogP contribution in [0.3, 0.4) is 0 Å². The predicted octanol–water partition coefficient (Wildman–Crippen LogP) is 2.04. The third kappa shape index (κ3) is 4.03. The second kappa shape index (κ2) is 7.03. The van der Waals surface area contributed by atoms with Crippen molar-refractivity contribution < 1.29 is 9.53 Å². The van der Waals surface area contributed by atoms with Crippen molar-refractivity contribution in [3.63, 3.8) is 0 Å². The van der Waals surface area contributed by atoms with Gasteiger partial charge in [-0.05, 0) is 44.3 Å². The molecule has 1 fully saturated rings. The molecule has 2 rings (SSSR count). The number of hydrogen-bond donors (Lipinski definition) is 1. The van der Waals surface area contributed by atoms with Gasteiger partial charge in [-0.3, -0.25) is 4.79 Å². The van der Waals surface area contributed by atoms with E-state index < -0.39 is 0 Å². The van der Waals surface area contributed by atoms with Gasteiger partial charge in [0.1, 0.15) is 6.61 Å². The Labute approximate surface area is 118 Å². The molecule has 1 aliphatic heterocycles. The van der Waals surface area contributed by atoms with Gasteiger partial charge in [-0.15, -0.1) is 11.3 Å². The number of rotatable bonds is 5. The lowest BCUT2D eigenvalue weighted by Crippen LogP contribution is -2.37. The first-order valence-corrected chi connectivity index (χ1v) is 7.68. The van der Waals surface area contributed by atoms with Crippen molar-refractivity contribution in [2.24, 2.45) is 0 Å². The molecule has 1 saturated heterocycles. The van der Waals surface area contributed by atoms with E-state index in [1.54, 1.807) is 16.2 Å². The highest BCUT2D eigenvalue weighted by atomic mass is 32.1. The van der Waals surface area contributed by atoms with E-state index >= 15 is 0 Å². The summed E-state index contributed by atoms with van der Waals surface area (Å²) in [6, 6.07) is 4.19. The molecule has 1 N–H and O–H groups in total. The van der Waals surface area contributed by atoms with Crippen LogP contribution >= 0.6 is 11.3 Å². The van der Waals surface area contributed by atoms with Crippen molar-refractivity contribution in [3.05, 3.63) is 22.4 Å². The fourth-order valence-corrected chi connectivity index (χ4v) is 3.02. The van der Waals surface area contributed by atoms with E-state index in [9.17, 15) is 4.79 Å². The van der Waals surface area contributed by atoms with Crippen LogP contribution in [0.5, 0.6) is 0 Å². The molecule has 106 valence electrons. The Morgan fingerprint density at radius 2 is 2.32 bits per heavy atom. The molecule has 2 heterocycles. The van der Waals surface area contributed by atoms with Crippen LogP contribution in [0.25, 0.3) is 0 Å². The molecule has 0 radical (unpaired) electrons. The van der Waals surface area contributed by atoms with Gasteiger partial charge in [0, 0.05) is 11.9 Å². The van der Waals surface area contributed by atoms with E-state index in [0.29, 0.717) is 0 Å². The van der Waals surface area contributed by atoms with Crippen molar-refractivity contribution >= 4 is 17.2 Å². The number of nitrogens with one attached hydrogen (secondary N) is 1. The maximum absolute atomic E-state index is 12.1. The molecule has 0 aromatic carbocycles. The van der Waals surface area contributed by atoms with Gasteiger partial charge in [0.15, 0.2) is 0 Å². The minimum atomic E-state index is 0.0550. The number of thiophene rings is 1. The van der Waals surface area contributed by atoms with E-state index in [1.165, 1.54) is 4.88 Å². The molecule has 0 saturated carbocycles. The minimum absolute atomic E-state index is 0.0550. The van der Waals surface area contributed by atoms with Crippen molar-refractivity contribution in [3.8, 4) is 0 Å². The second-order valence-electron chi connectivity index (χ2n) is 4.96. The number of carbonyl (C=O) groups is 1. The Balaban J connectivity index is 1.78. The number of piperidine rings is 1. The SMILES string of the molecule is CC(c1cccs1)N(C)C(=O)COC1CCNCC1. The first kappa shape index (κ1) is 14.5. The van der Waals surface area contributed by atoms with E-state index in [2.05, 4.69) is 11.4 Å². The van der Waals surface area contributed by atoms with E-state index in [4.69, 9.17) is 4.74 Å². The summed E-state index contributed by atoms with van der Waals surface area (Å²) in [5, 5.41) is 5.33. The summed E-state index contributed by atoms with van der Waals surface area (Å²) in [6.07, 6.45) is 2.23. The summed E-state index contributed by atoms with van der Waals surface area (Å²) in [5.74, 6) is 0.0550. The first-order valence-electron chi connectivity index (χ1n) is 6.80. The molecular formula is C14H22N2O2S. The molecule has 1 aliphatic rings. The van der Waals surface area contributed by atoms with Gasteiger partial charge in [0.25, 0.3) is 0 Å². The zero-order valence-corrected chi connectivity index (χ0v) is 12.4. The number of amides is 1. The Morgan fingerprint density at radius 3 is 2.95 bits per heavy atom. The lowest BCUT2D eigenvalue weighted by Gasteiger charge is -2.27. The minimum Gasteiger partial charge on any atom is -0.368 e. The van der Waals surface area contributed by atoms with Crippen LogP contribution in [-0.4, -0.2) is 43.7 Å². The Bertz CT molecular complexity index is 388. The maximum Gasteiger partial charge on any atom is 0.248 e. The quantitative estimate of drug-likeness (QED) is 0.898. The highest BCUT2D eigenvalue weighted by Gasteiger charge is 2.20. The topological polar surface area (TPSA) is 41.6 Å². The number of hydrogen-bond acceptors (Lipinski definition) is 4. The van der Waals surface area contributed by atoms with Crippen LogP contribution in [0.15, 0.2) is 17.5 Å². The molecule has 1 aromatic rings. The van der Waals surface area contributed by atoms with Gasteiger partial charge >= 0.3 is 0 Å². The smallest absolute Gasteiger partial charge is 0.248 e. The summed E-state index contributed by atoms with van der Waals surface area (Å²) in [5.41, 5.74) is 0. The molecule has 0 bridgehead atoms. The fraction of sp³-hybridized carbons (Fsp3) is 0.643. The van der Waals surface area contributed by atoms with E-state index in [1.807, 2.05) is 25.4 Å². The van der Waals surface area contributed by atoms with Gasteiger partial charge in [-0.1, -0.05) is 6.07 Å². The molecular weight excluding hydrogens is 260 g/mol. The number of carbonyl (C=O) groups excluding carboxylic acids is 1. The molecule has 5 heteroatoms. The lowest BCUT2D eigenvalue weighted by molar-refractivity contribution is -0.139. The molecule has 1 amide bonds. The van der Waals surface area contributed by atoms with Gasteiger partial charge in [-0.25, -0.2) is 0 Å². The third-order valence-electron chi connectivity index (χ3n) is 3.66. The van der Waals surface area contributed by atoms with Crippen molar-refractivity contribution in [1.29, 1.82) is 0 Å². The average Bonchev–Trinajstić information content (AvgIpc) is 2.98. The van der Waals surface area contributed by atoms with E-state index in [0.717, 1.165) is 25.9 Å². The zero-order chi connectivity index (χ0) is 13.7. The normalized spacial score (nSPS) is 18.2. The highest BCUT2D eigenvalue weighted by molar-refractivity contribution is 7.10. The van der Waals surface area contributed by atoms with Crippen molar-refractivity contribution in [2.45, 2.75) is 31.9 Å². The monoisotopic (exact) mass is 282 g/mol. The largest absolute Gasteiger partial charge is 0.368 e. The van der Waals surface area contributed by atoms with Gasteiger partial charge in [-0.2, -0.15) is 0 Å². The summed E-state index contributed by atoms with van der Waals surface area (Å²) >= 11 is 1.68. The van der Waals surface area contributed by atoms with Gasteiger partial charge < -0.3 is 15.0 Å². The van der Waals surface area contributed by atoms with Crippen molar-refractivity contribution in [2.75, 3.05) is 26.7 Å². The summed E-state index contributed by atoms with van der Waals surface area (Å²) in [6.45, 7) is 4.21. The number of nitrogens with zero attached hydrogens (tertiary/aromatic N) is 1. The summed E-state index contributed by atoms with van der Waals surface area (Å²) in [4.78, 5) is 15.1. The first-order chi connectivity index (χ1) is 9.18. The fourth-order valence-electron chi connectivity index (χ4n) is 2.19. The van der Waals surface area contributed by atoms with Crippen LogP contribution < -0.4 is 5.32 Å². The molecule has 1 atom stereocenters. The van der Waals surface area contributed by atoms with Crippen molar-refractivity contribution in [1.82, 2.24) is 10.2 Å². The van der Waals surface area contributed by atoms with Crippen LogP contribution in [0.1, 0.15) is 30.7 Å². The van der Waals surface area contributed by atoms with Crippen LogP contribution in [-0.2, 0) is 9.53 Å². The van der Waals surface area contributed by atoms with Gasteiger partial charge in [0.05, 0.1) is 12.1 Å². The number of ether oxygens (including phenoxy) is 1. The summed E-state index contributed by atoms with van der Waals surface area (Å²) < 4.78 is 5.71. The Morgan fingerprint density at radius 1 is 1.58 bits per heavy atom. The predicted molar refractivity (Wildman–Crippen MR) is 77.3 cm³/mol. The van der Waals surface area contributed by atoms with Crippen LogP contribution in [0.2, 0.25) is 0 Å². The third-order valence-corrected chi connectivity index (χ3v) is 4.70. The second-order valence-corrected chi connectivity index (χ2v) is 5.94. The average molecular weight is 282 g/mol. The molecule has 0 aliphatic carbocycles.